The number of carbonyl (C=O) groups is 1. The summed E-state index contributed by atoms with van der Waals surface area (Å²) in [6, 6.07) is 4.88. The summed E-state index contributed by atoms with van der Waals surface area (Å²) in [4.78, 5) is 11.7. The van der Waals surface area contributed by atoms with Crippen molar-refractivity contribution >= 4 is 27.7 Å². The summed E-state index contributed by atoms with van der Waals surface area (Å²) in [5.74, 6) is 0.127. The summed E-state index contributed by atoms with van der Waals surface area (Å²) < 4.78 is 47.4. The molecule has 2 rings (SSSR count). The fourth-order valence-electron chi connectivity index (χ4n) is 2.46. The lowest BCUT2D eigenvalue weighted by Gasteiger charge is -2.37. The first kappa shape index (κ1) is 20.7. The normalized spacial score (nSPS) is 20.1. The molecule has 0 bridgehead atoms. The summed E-state index contributed by atoms with van der Waals surface area (Å²) >= 11 is 3.26. The number of hydrogen-bond donors (Lipinski definition) is 2. The molecule has 26 heavy (non-hydrogen) atoms. The fraction of sp³-hybridized carbons (Fsp3) is 0.588. The largest absolute Gasteiger partial charge is 0.484 e. The predicted octanol–water partition coefficient (Wildman–Crippen LogP) is 4.86. The van der Waals surface area contributed by atoms with Gasteiger partial charge in [-0.1, -0.05) is 15.9 Å². The van der Waals surface area contributed by atoms with Crippen LogP contribution in [0.4, 0.5) is 23.7 Å². The number of anilines is 1. The van der Waals surface area contributed by atoms with Crippen molar-refractivity contribution in [2.24, 2.45) is 0 Å². The molecule has 5 nitrogen and oxygen atoms in total. The second-order valence-electron chi connectivity index (χ2n) is 7.24. The van der Waals surface area contributed by atoms with Crippen LogP contribution < -0.4 is 15.4 Å². The molecular formula is C17H22BrF3N2O3. The number of rotatable bonds is 5. The van der Waals surface area contributed by atoms with Gasteiger partial charge < -0.3 is 20.1 Å². The van der Waals surface area contributed by atoms with Crippen LogP contribution in [0.5, 0.6) is 5.75 Å². The van der Waals surface area contributed by atoms with Crippen LogP contribution >= 0.6 is 15.9 Å². The molecule has 1 aromatic rings. The third kappa shape index (κ3) is 7.31. The minimum atomic E-state index is -4.38. The Morgan fingerprint density at radius 1 is 1.19 bits per heavy atom. The Morgan fingerprint density at radius 2 is 1.85 bits per heavy atom. The van der Waals surface area contributed by atoms with Gasteiger partial charge in [-0.2, -0.15) is 13.2 Å². The van der Waals surface area contributed by atoms with Crippen LogP contribution in [0.1, 0.15) is 33.6 Å². The van der Waals surface area contributed by atoms with Gasteiger partial charge in [-0.15, -0.1) is 0 Å². The van der Waals surface area contributed by atoms with Crippen molar-refractivity contribution in [2.45, 2.75) is 57.5 Å². The number of alkyl carbamates (subject to hydrolysis) is 1. The van der Waals surface area contributed by atoms with E-state index in [9.17, 15) is 18.0 Å². The van der Waals surface area contributed by atoms with Crippen molar-refractivity contribution in [2.75, 3.05) is 11.9 Å². The van der Waals surface area contributed by atoms with Crippen molar-refractivity contribution in [3.63, 3.8) is 0 Å². The molecule has 1 aliphatic rings. The molecule has 1 aliphatic carbocycles. The van der Waals surface area contributed by atoms with Crippen LogP contribution in [0.15, 0.2) is 22.7 Å². The van der Waals surface area contributed by atoms with Gasteiger partial charge in [-0.3, -0.25) is 0 Å². The van der Waals surface area contributed by atoms with E-state index < -0.39 is 24.5 Å². The number of halogens is 4. The molecular weight excluding hydrogens is 417 g/mol. The third-order valence-corrected chi connectivity index (χ3v) is 3.96. The lowest BCUT2D eigenvalue weighted by atomic mass is 9.86. The highest BCUT2D eigenvalue weighted by molar-refractivity contribution is 9.10. The third-order valence-electron chi connectivity index (χ3n) is 3.50. The summed E-state index contributed by atoms with van der Waals surface area (Å²) in [5.41, 5.74) is 0.103. The molecule has 0 atom stereocenters. The summed E-state index contributed by atoms with van der Waals surface area (Å²) in [6.45, 7) is 4.05. The van der Waals surface area contributed by atoms with Gasteiger partial charge >= 0.3 is 12.3 Å². The van der Waals surface area contributed by atoms with E-state index in [1.165, 1.54) is 12.1 Å². The molecule has 2 N–H and O–H groups in total. The zero-order valence-electron chi connectivity index (χ0n) is 14.7. The molecule has 0 unspecified atom stereocenters. The minimum absolute atomic E-state index is 0.00968. The summed E-state index contributed by atoms with van der Waals surface area (Å²) in [5, 5.41) is 6.01. The maximum atomic E-state index is 12.3. The highest BCUT2D eigenvalue weighted by Crippen LogP contribution is 2.30. The Hall–Kier alpha value is -1.64. The fourth-order valence-corrected chi connectivity index (χ4v) is 2.93. The minimum Gasteiger partial charge on any atom is -0.484 e. The van der Waals surface area contributed by atoms with Gasteiger partial charge in [0.2, 0.25) is 0 Å². The van der Waals surface area contributed by atoms with Crippen LogP contribution in [-0.4, -0.2) is 36.6 Å². The standard InChI is InChI=1S/C17H22BrF3N2O3/c1-16(2,3)26-15(24)23-13-6-12(7-13)22-11-4-10(18)5-14(8-11)25-9-17(19,20)21/h4-5,8,12-13,22H,6-7,9H2,1-3H3,(H,23,24). The van der Waals surface area contributed by atoms with Gasteiger partial charge in [0.15, 0.2) is 6.61 Å². The van der Waals surface area contributed by atoms with E-state index in [4.69, 9.17) is 9.47 Å². The number of carbonyl (C=O) groups excluding carboxylic acids is 1. The van der Waals surface area contributed by atoms with Crippen molar-refractivity contribution in [1.82, 2.24) is 5.32 Å². The quantitative estimate of drug-likeness (QED) is 0.689. The van der Waals surface area contributed by atoms with E-state index >= 15 is 0 Å². The molecule has 1 saturated carbocycles. The number of alkyl halides is 3. The molecule has 0 aromatic heterocycles. The van der Waals surface area contributed by atoms with E-state index in [2.05, 4.69) is 26.6 Å². The van der Waals surface area contributed by atoms with E-state index in [0.717, 1.165) is 0 Å². The van der Waals surface area contributed by atoms with Gasteiger partial charge in [0, 0.05) is 28.3 Å². The Morgan fingerprint density at radius 3 is 2.42 bits per heavy atom. The molecule has 0 aliphatic heterocycles. The zero-order valence-corrected chi connectivity index (χ0v) is 16.3. The maximum absolute atomic E-state index is 12.3. The number of hydrogen-bond acceptors (Lipinski definition) is 4. The molecule has 1 aromatic carbocycles. The first-order valence-corrected chi connectivity index (χ1v) is 8.95. The lowest BCUT2D eigenvalue weighted by Crippen LogP contribution is -2.50. The molecule has 1 amide bonds. The smallest absolute Gasteiger partial charge is 0.422 e. The molecule has 0 radical (unpaired) electrons. The van der Waals surface area contributed by atoms with E-state index in [-0.39, 0.29) is 17.8 Å². The van der Waals surface area contributed by atoms with Crippen molar-refractivity contribution < 1.29 is 27.4 Å². The van der Waals surface area contributed by atoms with Gasteiger partial charge in [0.25, 0.3) is 0 Å². The van der Waals surface area contributed by atoms with Crippen molar-refractivity contribution in [3.05, 3.63) is 22.7 Å². The summed E-state index contributed by atoms with van der Waals surface area (Å²) in [7, 11) is 0. The molecule has 9 heteroatoms. The number of benzene rings is 1. The Labute approximate surface area is 158 Å². The van der Waals surface area contributed by atoms with E-state index in [1.807, 2.05) is 0 Å². The molecule has 0 saturated heterocycles. The van der Waals surface area contributed by atoms with Gasteiger partial charge in [0.05, 0.1) is 0 Å². The van der Waals surface area contributed by atoms with Crippen molar-refractivity contribution in [3.8, 4) is 5.75 Å². The maximum Gasteiger partial charge on any atom is 0.422 e. The van der Waals surface area contributed by atoms with Gasteiger partial charge in [-0.05, 0) is 45.7 Å². The van der Waals surface area contributed by atoms with E-state index in [0.29, 0.717) is 23.0 Å². The first-order chi connectivity index (χ1) is 11.9. The second-order valence-corrected chi connectivity index (χ2v) is 8.15. The average molecular weight is 439 g/mol. The number of amides is 1. The topological polar surface area (TPSA) is 59.6 Å². The highest BCUT2D eigenvalue weighted by atomic mass is 79.9. The Bertz CT molecular complexity index is 641. The monoisotopic (exact) mass is 438 g/mol. The molecule has 1 fully saturated rings. The highest BCUT2D eigenvalue weighted by Gasteiger charge is 2.32. The average Bonchev–Trinajstić information content (AvgIpc) is 2.39. The first-order valence-electron chi connectivity index (χ1n) is 8.16. The number of nitrogens with one attached hydrogen (secondary N) is 2. The predicted molar refractivity (Wildman–Crippen MR) is 95.5 cm³/mol. The van der Waals surface area contributed by atoms with Crippen LogP contribution in [0, 0.1) is 0 Å². The van der Waals surface area contributed by atoms with Crippen molar-refractivity contribution in [1.29, 1.82) is 0 Å². The van der Waals surface area contributed by atoms with E-state index in [1.54, 1.807) is 26.8 Å². The Balaban J connectivity index is 1.81. The lowest BCUT2D eigenvalue weighted by molar-refractivity contribution is -0.153. The molecule has 146 valence electrons. The molecule has 0 heterocycles. The Kier molecular flexibility index (Phi) is 6.31. The van der Waals surface area contributed by atoms with Crippen LogP contribution in [-0.2, 0) is 4.74 Å². The van der Waals surface area contributed by atoms with Crippen LogP contribution in [0.3, 0.4) is 0 Å². The van der Waals surface area contributed by atoms with Gasteiger partial charge in [0.1, 0.15) is 11.4 Å². The summed E-state index contributed by atoms with van der Waals surface area (Å²) in [6.07, 6.45) is -3.44. The van der Waals surface area contributed by atoms with Gasteiger partial charge in [-0.25, -0.2) is 4.79 Å². The SMILES string of the molecule is CC(C)(C)OC(=O)NC1CC(Nc2cc(Br)cc(OCC(F)(F)F)c2)C1. The number of ether oxygens (including phenoxy) is 2. The molecule has 0 spiro atoms. The van der Waals surface area contributed by atoms with Crippen LogP contribution in [0.25, 0.3) is 0 Å². The zero-order chi connectivity index (χ0) is 19.5. The second kappa shape index (κ2) is 7.94. The van der Waals surface area contributed by atoms with Crippen LogP contribution in [0.2, 0.25) is 0 Å².